The molecule has 2 aliphatic heterocycles. The normalized spacial score (nSPS) is 28.2. The monoisotopic (exact) mass is 319 g/mol. The minimum Gasteiger partial charge on any atom is -0.490 e. The van der Waals surface area contributed by atoms with E-state index in [4.69, 9.17) is 20.8 Å². The Morgan fingerprint density at radius 3 is 2.68 bits per heavy atom. The molecule has 0 N–H and O–H groups in total. The molecule has 0 aliphatic carbocycles. The van der Waals surface area contributed by atoms with Crippen molar-refractivity contribution >= 4 is 22.6 Å². The Morgan fingerprint density at radius 1 is 1.23 bits per heavy atom. The summed E-state index contributed by atoms with van der Waals surface area (Å²) in [6.45, 7) is 0. The van der Waals surface area contributed by atoms with Crippen LogP contribution in [0.4, 0.5) is 0 Å². The Labute approximate surface area is 133 Å². The summed E-state index contributed by atoms with van der Waals surface area (Å²) in [5, 5.41) is 0.911. The maximum atomic E-state index is 11.5. The van der Waals surface area contributed by atoms with Crippen molar-refractivity contribution in [2.75, 3.05) is 7.05 Å². The van der Waals surface area contributed by atoms with Crippen LogP contribution in [0.3, 0.4) is 0 Å². The van der Waals surface area contributed by atoms with E-state index in [-0.39, 0.29) is 11.1 Å². The van der Waals surface area contributed by atoms with Gasteiger partial charge in [0, 0.05) is 23.5 Å². The van der Waals surface area contributed by atoms with Gasteiger partial charge in [-0.05, 0) is 50.9 Å². The van der Waals surface area contributed by atoms with Gasteiger partial charge in [-0.2, -0.15) is 0 Å². The van der Waals surface area contributed by atoms with Crippen molar-refractivity contribution in [2.24, 2.45) is 0 Å². The topological polar surface area (TPSA) is 42.7 Å². The zero-order chi connectivity index (χ0) is 15.3. The Balaban J connectivity index is 1.57. The van der Waals surface area contributed by atoms with Crippen molar-refractivity contribution in [1.29, 1.82) is 0 Å². The number of halogens is 1. The van der Waals surface area contributed by atoms with Gasteiger partial charge in [-0.3, -0.25) is 0 Å². The van der Waals surface area contributed by atoms with Crippen molar-refractivity contribution in [3.63, 3.8) is 0 Å². The molecule has 1 aromatic heterocycles. The zero-order valence-electron chi connectivity index (χ0n) is 12.4. The van der Waals surface area contributed by atoms with E-state index >= 15 is 0 Å². The second-order valence-corrected chi connectivity index (χ2v) is 6.75. The number of piperidine rings is 1. The lowest BCUT2D eigenvalue weighted by molar-refractivity contribution is 0.0662. The van der Waals surface area contributed by atoms with Crippen molar-refractivity contribution in [1.82, 2.24) is 4.90 Å². The summed E-state index contributed by atoms with van der Waals surface area (Å²) in [6.07, 6.45) is 4.91. The van der Waals surface area contributed by atoms with Crippen LogP contribution in [0.5, 0.6) is 5.75 Å². The maximum absolute atomic E-state index is 11.5. The summed E-state index contributed by atoms with van der Waals surface area (Å²) >= 11 is 5.79. The number of hydrogen-bond donors (Lipinski definition) is 0. The number of rotatable bonds is 2. The highest BCUT2D eigenvalue weighted by molar-refractivity contribution is 6.30. The third kappa shape index (κ3) is 2.40. The first-order valence-electron chi connectivity index (χ1n) is 7.72. The highest BCUT2D eigenvalue weighted by Gasteiger charge is 2.39. The quantitative estimate of drug-likeness (QED) is 0.795. The van der Waals surface area contributed by atoms with Gasteiger partial charge in [-0.1, -0.05) is 11.6 Å². The molecular weight excluding hydrogens is 302 g/mol. The number of benzene rings is 1. The fourth-order valence-corrected chi connectivity index (χ4v) is 3.95. The van der Waals surface area contributed by atoms with Gasteiger partial charge < -0.3 is 14.1 Å². The molecule has 2 aliphatic rings. The van der Waals surface area contributed by atoms with Crippen LogP contribution in [-0.4, -0.2) is 30.1 Å². The summed E-state index contributed by atoms with van der Waals surface area (Å²) in [5.41, 5.74) is 0.00597. The first-order chi connectivity index (χ1) is 10.6. The first kappa shape index (κ1) is 14.1. The predicted octanol–water partition coefficient (Wildman–Crippen LogP) is 3.45. The fraction of sp³-hybridized carbons (Fsp3) is 0.471. The zero-order valence-corrected chi connectivity index (χ0v) is 13.2. The molecule has 2 bridgehead atoms. The van der Waals surface area contributed by atoms with Gasteiger partial charge in [0.25, 0.3) is 0 Å². The lowest BCUT2D eigenvalue weighted by Gasteiger charge is -2.36. The average molecular weight is 320 g/mol. The van der Waals surface area contributed by atoms with E-state index in [9.17, 15) is 4.79 Å². The molecule has 2 saturated heterocycles. The van der Waals surface area contributed by atoms with Crippen LogP contribution in [0.1, 0.15) is 25.7 Å². The minimum atomic E-state index is -0.511. The van der Waals surface area contributed by atoms with Crippen molar-refractivity contribution < 1.29 is 9.15 Å². The molecule has 5 heteroatoms. The van der Waals surface area contributed by atoms with Gasteiger partial charge in [0.1, 0.15) is 22.5 Å². The van der Waals surface area contributed by atoms with Crippen molar-refractivity contribution in [2.45, 2.75) is 43.9 Å². The van der Waals surface area contributed by atoms with E-state index in [1.165, 1.54) is 12.8 Å². The minimum absolute atomic E-state index is 0.105. The van der Waals surface area contributed by atoms with E-state index in [1.807, 2.05) is 12.1 Å². The largest absolute Gasteiger partial charge is 0.490 e. The van der Waals surface area contributed by atoms with Gasteiger partial charge in [0.2, 0.25) is 0 Å². The summed E-state index contributed by atoms with van der Waals surface area (Å²) in [7, 11) is 2.22. The lowest BCUT2D eigenvalue weighted by Crippen LogP contribution is -2.43. The van der Waals surface area contributed by atoms with Gasteiger partial charge >= 0.3 is 5.63 Å². The SMILES string of the molecule is CN1C2CCC1CC(Oc1ccc3cc(Cl)c(=O)oc3c1)C2. The third-order valence-electron chi connectivity index (χ3n) is 5.02. The van der Waals surface area contributed by atoms with Crippen LogP contribution >= 0.6 is 11.6 Å². The molecule has 4 rings (SSSR count). The van der Waals surface area contributed by atoms with Crippen LogP contribution < -0.4 is 10.4 Å². The summed E-state index contributed by atoms with van der Waals surface area (Å²) < 4.78 is 11.4. The van der Waals surface area contributed by atoms with Crippen LogP contribution in [0.25, 0.3) is 11.0 Å². The van der Waals surface area contributed by atoms with E-state index in [0.29, 0.717) is 17.7 Å². The lowest BCUT2D eigenvalue weighted by atomic mass is 10.0. The average Bonchev–Trinajstić information content (AvgIpc) is 2.71. The van der Waals surface area contributed by atoms with E-state index in [1.54, 1.807) is 12.1 Å². The van der Waals surface area contributed by atoms with Crippen LogP contribution in [-0.2, 0) is 0 Å². The molecular formula is C17H18ClNO3. The third-order valence-corrected chi connectivity index (χ3v) is 5.29. The summed E-state index contributed by atoms with van der Waals surface area (Å²) in [6, 6.07) is 8.49. The van der Waals surface area contributed by atoms with Crippen molar-refractivity contribution in [3.8, 4) is 5.75 Å². The smallest absolute Gasteiger partial charge is 0.355 e. The molecule has 2 unspecified atom stereocenters. The maximum Gasteiger partial charge on any atom is 0.355 e. The Morgan fingerprint density at radius 2 is 1.95 bits per heavy atom. The van der Waals surface area contributed by atoms with E-state index < -0.39 is 5.63 Å². The fourth-order valence-electron chi connectivity index (χ4n) is 3.79. The van der Waals surface area contributed by atoms with E-state index in [2.05, 4.69) is 11.9 Å². The number of ether oxygens (including phenoxy) is 1. The van der Waals surface area contributed by atoms with E-state index in [0.717, 1.165) is 24.0 Å². The second-order valence-electron chi connectivity index (χ2n) is 6.34. The van der Waals surface area contributed by atoms with Gasteiger partial charge in [-0.25, -0.2) is 4.79 Å². The predicted molar refractivity (Wildman–Crippen MR) is 85.7 cm³/mol. The molecule has 0 amide bonds. The number of nitrogens with zero attached hydrogens (tertiary/aromatic N) is 1. The molecule has 0 saturated carbocycles. The Kier molecular flexibility index (Phi) is 3.39. The molecule has 3 heterocycles. The summed E-state index contributed by atoms with van der Waals surface area (Å²) in [4.78, 5) is 14.0. The standard InChI is InChI=1S/C17H18ClNO3/c1-19-11-3-4-12(19)8-14(7-11)21-13-5-2-10-6-15(18)17(20)22-16(10)9-13/h2,5-6,9,11-12,14H,3-4,7-8H2,1H3. The summed E-state index contributed by atoms with van der Waals surface area (Å²) in [5.74, 6) is 0.756. The molecule has 22 heavy (non-hydrogen) atoms. The second kappa shape index (κ2) is 5.28. The highest BCUT2D eigenvalue weighted by Crippen LogP contribution is 2.36. The van der Waals surface area contributed by atoms with Gasteiger partial charge in [0.15, 0.2) is 0 Å². The van der Waals surface area contributed by atoms with Gasteiger partial charge in [-0.15, -0.1) is 0 Å². The van der Waals surface area contributed by atoms with Crippen LogP contribution in [0.15, 0.2) is 33.5 Å². The molecule has 116 valence electrons. The Bertz CT molecular complexity index is 758. The van der Waals surface area contributed by atoms with Crippen LogP contribution in [0.2, 0.25) is 5.02 Å². The number of hydrogen-bond acceptors (Lipinski definition) is 4. The number of fused-ring (bicyclic) bond motifs is 3. The molecule has 1 aromatic carbocycles. The molecule has 4 nitrogen and oxygen atoms in total. The van der Waals surface area contributed by atoms with Gasteiger partial charge in [0.05, 0.1) is 0 Å². The molecule has 2 aromatic rings. The van der Waals surface area contributed by atoms with Crippen LogP contribution in [0, 0.1) is 0 Å². The highest BCUT2D eigenvalue weighted by atomic mass is 35.5. The molecule has 0 radical (unpaired) electrons. The first-order valence-corrected chi connectivity index (χ1v) is 8.10. The molecule has 0 spiro atoms. The van der Waals surface area contributed by atoms with Crippen molar-refractivity contribution in [3.05, 3.63) is 39.7 Å². The molecule has 2 atom stereocenters. The molecule has 2 fully saturated rings. The Hall–Kier alpha value is -1.52.